The van der Waals surface area contributed by atoms with Crippen molar-refractivity contribution in [2.75, 3.05) is 6.54 Å². The van der Waals surface area contributed by atoms with Gasteiger partial charge in [0.25, 0.3) is 5.91 Å². The van der Waals surface area contributed by atoms with Gasteiger partial charge in [-0.3, -0.25) is 9.78 Å². The second kappa shape index (κ2) is 10.0. The maximum Gasteiger partial charge on any atom is 0.251 e. The predicted molar refractivity (Wildman–Crippen MR) is 139 cm³/mol. The lowest BCUT2D eigenvalue weighted by molar-refractivity contribution is 0.0954. The number of nitrogens with zero attached hydrogens (tertiary/aromatic N) is 2. The van der Waals surface area contributed by atoms with Gasteiger partial charge in [-0.2, -0.15) is 0 Å². The topological polar surface area (TPSA) is 54.4 Å². The number of hydrogen-bond donors (Lipinski definition) is 1. The molecule has 4 nitrogen and oxygen atoms in total. The Morgan fingerprint density at radius 3 is 2.56 bits per heavy atom. The number of nitrogens with one attached hydrogen (secondary N) is 1. The molecule has 0 spiro atoms. The van der Waals surface area contributed by atoms with Gasteiger partial charge in [-0.05, 0) is 48.5 Å². The zero-order valence-corrected chi connectivity index (χ0v) is 20.3. The minimum absolute atomic E-state index is 0.142. The van der Waals surface area contributed by atoms with Gasteiger partial charge in [0.2, 0.25) is 0 Å². The summed E-state index contributed by atoms with van der Waals surface area (Å²) in [4.78, 5) is 24.2. The van der Waals surface area contributed by atoms with Crippen molar-refractivity contribution >= 4 is 52.3 Å². The molecule has 1 aliphatic heterocycles. The Kier molecular flexibility index (Phi) is 6.68. The van der Waals surface area contributed by atoms with Crippen LogP contribution in [-0.2, 0) is 6.42 Å². The first-order valence-corrected chi connectivity index (χ1v) is 12.3. The second-order valence-corrected chi connectivity index (χ2v) is 9.60. The summed E-state index contributed by atoms with van der Waals surface area (Å²) >= 11 is 14.1. The SMILES string of the molecule is O=C(NCCc1ccccn1)c1ccc2c(c1)N=C(c1ccc(Cl)c(Cl)c1)c1ccccc1S2. The van der Waals surface area contributed by atoms with Crippen LogP contribution in [-0.4, -0.2) is 23.1 Å². The number of carbonyl (C=O) groups is 1. The lowest BCUT2D eigenvalue weighted by Gasteiger charge is -2.10. The third-order valence-electron chi connectivity index (χ3n) is 5.40. The van der Waals surface area contributed by atoms with Crippen molar-refractivity contribution in [3.8, 4) is 0 Å². The van der Waals surface area contributed by atoms with Crippen LogP contribution in [0.15, 0.2) is 99.8 Å². The first-order valence-electron chi connectivity index (χ1n) is 10.7. The highest BCUT2D eigenvalue weighted by molar-refractivity contribution is 7.99. The molecule has 1 aromatic heterocycles. The molecule has 2 heterocycles. The number of amides is 1. The molecule has 7 heteroatoms. The molecule has 0 saturated heterocycles. The third-order valence-corrected chi connectivity index (χ3v) is 7.28. The van der Waals surface area contributed by atoms with Crippen molar-refractivity contribution in [1.82, 2.24) is 10.3 Å². The fourth-order valence-electron chi connectivity index (χ4n) is 3.70. The van der Waals surface area contributed by atoms with E-state index in [0.29, 0.717) is 28.6 Å². The molecule has 34 heavy (non-hydrogen) atoms. The zero-order valence-electron chi connectivity index (χ0n) is 18.0. The molecule has 0 bridgehead atoms. The first-order chi connectivity index (χ1) is 16.6. The molecule has 0 unspecified atom stereocenters. The van der Waals surface area contributed by atoms with Gasteiger partial charge in [0.05, 0.1) is 21.4 Å². The van der Waals surface area contributed by atoms with Crippen LogP contribution in [0.5, 0.6) is 0 Å². The third kappa shape index (κ3) is 4.87. The van der Waals surface area contributed by atoms with Crippen molar-refractivity contribution in [1.29, 1.82) is 0 Å². The van der Waals surface area contributed by atoms with Crippen molar-refractivity contribution in [2.45, 2.75) is 16.2 Å². The molecule has 1 N–H and O–H groups in total. The van der Waals surface area contributed by atoms with E-state index in [0.717, 1.165) is 38.0 Å². The van der Waals surface area contributed by atoms with Crippen LogP contribution in [0.4, 0.5) is 5.69 Å². The Morgan fingerprint density at radius 1 is 0.882 bits per heavy atom. The van der Waals surface area contributed by atoms with Crippen LogP contribution in [0.1, 0.15) is 27.2 Å². The summed E-state index contributed by atoms with van der Waals surface area (Å²) in [6.45, 7) is 0.505. The molecule has 4 aromatic rings. The standard InChI is InChI=1S/C27H19Cl2N3OS/c28-21-10-8-17(15-22(21)29)26-20-6-1-2-7-24(20)34-25-11-9-18(16-23(25)32-26)27(33)31-14-12-19-5-3-4-13-30-19/h1-11,13,15-16H,12,14H2,(H,31,33). The van der Waals surface area contributed by atoms with E-state index in [1.54, 1.807) is 24.0 Å². The zero-order chi connectivity index (χ0) is 23.5. The average molecular weight is 504 g/mol. The van der Waals surface area contributed by atoms with E-state index in [9.17, 15) is 4.79 Å². The number of hydrogen-bond acceptors (Lipinski definition) is 4. The smallest absolute Gasteiger partial charge is 0.251 e. The van der Waals surface area contributed by atoms with Gasteiger partial charge >= 0.3 is 0 Å². The van der Waals surface area contributed by atoms with Crippen LogP contribution >= 0.6 is 35.0 Å². The van der Waals surface area contributed by atoms with Gasteiger partial charge in [-0.15, -0.1) is 0 Å². The van der Waals surface area contributed by atoms with Crippen LogP contribution in [0.3, 0.4) is 0 Å². The van der Waals surface area contributed by atoms with E-state index < -0.39 is 0 Å². The number of aromatic nitrogens is 1. The highest BCUT2D eigenvalue weighted by Gasteiger charge is 2.20. The van der Waals surface area contributed by atoms with Crippen LogP contribution in [0, 0.1) is 0 Å². The Labute approximate surface area is 212 Å². The maximum atomic E-state index is 12.8. The van der Waals surface area contributed by atoms with E-state index in [1.807, 2.05) is 66.7 Å². The molecular formula is C27H19Cl2N3OS. The monoisotopic (exact) mass is 503 g/mol. The summed E-state index contributed by atoms with van der Waals surface area (Å²) in [5.41, 5.74) is 4.88. The summed E-state index contributed by atoms with van der Waals surface area (Å²) < 4.78 is 0. The van der Waals surface area contributed by atoms with Crippen molar-refractivity contribution in [3.05, 3.63) is 117 Å². The molecule has 0 fully saturated rings. The predicted octanol–water partition coefficient (Wildman–Crippen LogP) is 6.99. The first kappa shape index (κ1) is 22.7. The number of rotatable bonds is 5. The van der Waals surface area contributed by atoms with E-state index in [2.05, 4.69) is 16.4 Å². The Balaban J connectivity index is 1.47. The Bertz CT molecular complexity index is 1410. The summed E-state index contributed by atoms with van der Waals surface area (Å²) in [5, 5.41) is 3.94. The molecular weight excluding hydrogens is 485 g/mol. The van der Waals surface area contributed by atoms with Gasteiger partial charge in [0.1, 0.15) is 0 Å². The lowest BCUT2D eigenvalue weighted by Crippen LogP contribution is -2.25. The quantitative estimate of drug-likeness (QED) is 0.281. The van der Waals surface area contributed by atoms with Gasteiger partial charge < -0.3 is 5.32 Å². The van der Waals surface area contributed by atoms with Gasteiger partial charge in [-0.25, -0.2) is 4.99 Å². The van der Waals surface area contributed by atoms with Crippen molar-refractivity contribution < 1.29 is 4.79 Å². The van der Waals surface area contributed by atoms with Crippen molar-refractivity contribution in [2.24, 2.45) is 4.99 Å². The summed E-state index contributed by atoms with van der Waals surface area (Å²) in [6, 6.07) is 25.0. The highest BCUT2D eigenvalue weighted by atomic mass is 35.5. The largest absolute Gasteiger partial charge is 0.352 e. The highest BCUT2D eigenvalue weighted by Crippen LogP contribution is 2.42. The number of fused-ring (bicyclic) bond motifs is 2. The van der Waals surface area contributed by atoms with Crippen molar-refractivity contribution in [3.63, 3.8) is 0 Å². The van der Waals surface area contributed by atoms with Crippen LogP contribution < -0.4 is 5.32 Å². The molecule has 5 rings (SSSR count). The maximum absolute atomic E-state index is 12.8. The number of halogens is 2. The Morgan fingerprint density at radius 2 is 1.74 bits per heavy atom. The Hall–Kier alpha value is -3.12. The average Bonchev–Trinajstić information content (AvgIpc) is 3.02. The number of benzene rings is 3. The molecule has 0 atom stereocenters. The van der Waals surface area contributed by atoms with Gasteiger partial charge in [0.15, 0.2) is 0 Å². The molecule has 168 valence electrons. The summed E-state index contributed by atoms with van der Waals surface area (Å²) in [7, 11) is 0. The van der Waals surface area contributed by atoms with E-state index in [-0.39, 0.29) is 5.91 Å². The van der Waals surface area contributed by atoms with E-state index >= 15 is 0 Å². The molecule has 1 aliphatic rings. The van der Waals surface area contributed by atoms with E-state index in [4.69, 9.17) is 28.2 Å². The van der Waals surface area contributed by atoms with E-state index in [1.165, 1.54) is 0 Å². The van der Waals surface area contributed by atoms with Gasteiger partial charge in [0, 0.05) is 51.3 Å². The van der Waals surface area contributed by atoms with Gasteiger partial charge in [-0.1, -0.05) is 65.3 Å². The number of carbonyl (C=O) groups excluding carboxylic acids is 1. The molecule has 0 saturated carbocycles. The molecule has 3 aromatic carbocycles. The second-order valence-electron chi connectivity index (χ2n) is 7.70. The summed E-state index contributed by atoms with van der Waals surface area (Å²) in [6.07, 6.45) is 2.42. The molecule has 1 amide bonds. The molecule has 0 aliphatic carbocycles. The fourth-order valence-corrected chi connectivity index (χ4v) is 5.00. The summed E-state index contributed by atoms with van der Waals surface area (Å²) in [5.74, 6) is -0.142. The molecule has 0 radical (unpaired) electrons. The fraction of sp³-hybridized carbons (Fsp3) is 0.0741. The minimum Gasteiger partial charge on any atom is -0.352 e. The lowest BCUT2D eigenvalue weighted by atomic mass is 10.0. The van der Waals surface area contributed by atoms with Crippen LogP contribution in [0.25, 0.3) is 0 Å². The number of pyridine rings is 1. The van der Waals surface area contributed by atoms with Crippen LogP contribution in [0.2, 0.25) is 10.0 Å². The normalized spacial score (nSPS) is 12.2. The number of aliphatic imine (C=N–C) groups is 1. The minimum atomic E-state index is -0.142.